The molecule has 6 heteroatoms. The molecule has 1 amide bonds. The van der Waals surface area contributed by atoms with Crippen molar-refractivity contribution in [2.24, 2.45) is 5.73 Å². The summed E-state index contributed by atoms with van der Waals surface area (Å²) in [6.45, 7) is 2.19. The molecule has 5 nitrogen and oxygen atoms in total. The van der Waals surface area contributed by atoms with Crippen LogP contribution in [0.2, 0.25) is 5.02 Å². The fourth-order valence-corrected chi connectivity index (χ4v) is 2.74. The first-order valence-electron chi connectivity index (χ1n) is 7.22. The molecule has 0 radical (unpaired) electrons. The second-order valence-electron chi connectivity index (χ2n) is 5.21. The van der Waals surface area contributed by atoms with E-state index < -0.39 is 0 Å². The normalized spacial score (nSPS) is 17.9. The minimum absolute atomic E-state index is 0.0744. The van der Waals surface area contributed by atoms with Gasteiger partial charge in [-0.1, -0.05) is 11.6 Å². The van der Waals surface area contributed by atoms with Crippen LogP contribution in [0.1, 0.15) is 19.3 Å². The number of carbonyl (C=O) groups is 1. The Labute approximate surface area is 130 Å². The van der Waals surface area contributed by atoms with Crippen molar-refractivity contribution in [1.82, 2.24) is 5.32 Å². The zero-order valence-electron chi connectivity index (χ0n) is 12.3. The molecule has 1 aliphatic heterocycles. The second kappa shape index (κ2) is 7.52. The summed E-state index contributed by atoms with van der Waals surface area (Å²) in [6.07, 6.45) is 2.14. The van der Waals surface area contributed by atoms with Crippen LogP contribution in [0.3, 0.4) is 0 Å². The molecule has 1 unspecified atom stereocenters. The highest BCUT2D eigenvalue weighted by Crippen LogP contribution is 2.33. The van der Waals surface area contributed by atoms with Gasteiger partial charge in [0.05, 0.1) is 12.8 Å². The Morgan fingerprint density at radius 2 is 2.38 bits per heavy atom. The molecule has 0 bridgehead atoms. The summed E-state index contributed by atoms with van der Waals surface area (Å²) in [5, 5.41) is 3.74. The van der Waals surface area contributed by atoms with Crippen LogP contribution in [0, 0.1) is 0 Å². The lowest BCUT2D eigenvalue weighted by molar-refractivity contribution is -0.121. The number of hydrogen-bond acceptors (Lipinski definition) is 4. The minimum atomic E-state index is 0.0744. The van der Waals surface area contributed by atoms with Gasteiger partial charge in [-0.15, -0.1) is 0 Å². The van der Waals surface area contributed by atoms with E-state index in [1.54, 1.807) is 7.11 Å². The van der Waals surface area contributed by atoms with E-state index in [1.807, 2.05) is 18.2 Å². The number of hydrogen-bond donors (Lipinski definition) is 2. The molecule has 1 saturated heterocycles. The number of halogens is 1. The summed E-state index contributed by atoms with van der Waals surface area (Å²) in [7, 11) is 1.65. The highest BCUT2D eigenvalue weighted by atomic mass is 35.5. The number of anilines is 1. The maximum atomic E-state index is 11.7. The Bertz CT molecular complexity index is 496. The third-order valence-electron chi connectivity index (χ3n) is 3.64. The van der Waals surface area contributed by atoms with Crippen LogP contribution in [0.15, 0.2) is 18.2 Å². The fraction of sp³-hybridized carbons (Fsp3) is 0.533. The van der Waals surface area contributed by atoms with Crippen LogP contribution in [0.4, 0.5) is 5.69 Å². The molecule has 1 aromatic carbocycles. The molecular formula is C15H22ClN3O2. The van der Waals surface area contributed by atoms with Gasteiger partial charge in [-0.2, -0.15) is 0 Å². The van der Waals surface area contributed by atoms with Crippen LogP contribution in [0.5, 0.6) is 5.75 Å². The van der Waals surface area contributed by atoms with Crippen molar-refractivity contribution in [2.45, 2.75) is 25.3 Å². The van der Waals surface area contributed by atoms with Crippen molar-refractivity contribution in [3.8, 4) is 5.75 Å². The smallest absolute Gasteiger partial charge is 0.220 e. The van der Waals surface area contributed by atoms with Crippen molar-refractivity contribution in [3.63, 3.8) is 0 Å². The first-order valence-corrected chi connectivity index (χ1v) is 7.59. The van der Waals surface area contributed by atoms with Gasteiger partial charge >= 0.3 is 0 Å². The highest BCUT2D eigenvalue weighted by Gasteiger charge is 2.25. The summed E-state index contributed by atoms with van der Waals surface area (Å²) in [5.74, 6) is 0.875. The van der Waals surface area contributed by atoms with Crippen LogP contribution in [-0.2, 0) is 4.79 Å². The van der Waals surface area contributed by atoms with Gasteiger partial charge in [0.15, 0.2) is 0 Å². The first kappa shape index (κ1) is 15.9. The number of methoxy groups -OCH3 is 1. The van der Waals surface area contributed by atoms with Crippen molar-refractivity contribution < 1.29 is 9.53 Å². The molecule has 0 aromatic heterocycles. The Balaban J connectivity index is 1.96. The van der Waals surface area contributed by atoms with Crippen molar-refractivity contribution in [3.05, 3.63) is 23.2 Å². The molecule has 2 rings (SSSR count). The maximum absolute atomic E-state index is 11.7. The Morgan fingerprint density at radius 1 is 1.57 bits per heavy atom. The SMILES string of the molecule is COc1ccc(Cl)cc1N1CCC(NC(=O)CCCN)C1. The largest absolute Gasteiger partial charge is 0.495 e. The lowest BCUT2D eigenvalue weighted by Gasteiger charge is -2.21. The molecule has 21 heavy (non-hydrogen) atoms. The molecule has 116 valence electrons. The fourth-order valence-electron chi connectivity index (χ4n) is 2.57. The lowest BCUT2D eigenvalue weighted by Crippen LogP contribution is -2.37. The Hall–Kier alpha value is -1.46. The topological polar surface area (TPSA) is 67.6 Å². The quantitative estimate of drug-likeness (QED) is 0.840. The number of amides is 1. The zero-order chi connectivity index (χ0) is 15.2. The molecule has 0 spiro atoms. The highest BCUT2D eigenvalue weighted by molar-refractivity contribution is 6.30. The monoisotopic (exact) mass is 311 g/mol. The minimum Gasteiger partial charge on any atom is -0.495 e. The van der Waals surface area contributed by atoms with Crippen LogP contribution in [0.25, 0.3) is 0 Å². The third kappa shape index (κ3) is 4.25. The average Bonchev–Trinajstić information content (AvgIpc) is 2.93. The Morgan fingerprint density at radius 3 is 3.10 bits per heavy atom. The number of carbonyl (C=O) groups excluding carboxylic acids is 1. The van der Waals surface area contributed by atoms with Gasteiger partial charge in [-0.25, -0.2) is 0 Å². The number of nitrogens with one attached hydrogen (secondary N) is 1. The lowest BCUT2D eigenvalue weighted by atomic mass is 10.2. The van der Waals surface area contributed by atoms with E-state index in [1.165, 1.54) is 0 Å². The van der Waals surface area contributed by atoms with E-state index in [0.29, 0.717) is 18.0 Å². The van der Waals surface area contributed by atoms with Gasteiger partial charge in [-0.3, -0.25) is 4.79 Å². The average molecular weight is 312 g/mol. The molecule has 1 heterocycles. The predicted octanol–water partition coefficient (Wildman–Crippen LogP) is 1.78. The molecule has 0 saturated carbocycles. The molecule has 0 aliphatic carbocycles. The van der Waals surface area contributed by atoms with E-state index in [9.17, 15) is 4.79 Å². The van der Waals surface area contributed by atoms with Crippen LogP contribution >= 0.6 is 11.6 Å². The van der Waals surface area contributed by atoms with E-state index >= 15 is 0 Å². The molecule has 1 fully saturated rings. The zero-order valence-corrected chi connectivity index (χ0v) is 13.0. The van der Waals surface area contributed by atoms with E-state index in [-0.39, 0.29) is 11.9 Å². The van der Waals surface area contributed by atoms with Crippen molar-refractivity contribution in [2.75, 3.05) is 31.6 Å². The van der Waals surface area contributed by atoms with E-state index in [4.69, 9.17) is 22.1 Å². The molecule has 1 aliphatic rings. The molecule has 1 aromatic rings. The van der Waals surface area contributed by atoms with Gasteiger partial charge in [-0.05, 0) is 37.6 Å². The molecule has 3 N–H and O–H groups in total. The van der Waals surface area contributed by atoms with Gasteiger partial charge in [0.25, 0.3) is 0 Å². The molecule has 1 atom stereocenters. The van der Waals surface area contributed by atoms with Crippen molar-refractivity contribution >= 4 is 23.2 Å². The van der Waals surface area contributed by atoms with Crippen LogP contribution in [-0.4, -0.2) is 38.7 Å². The van der Waals surface area contributed by atoms with Gasteiger partial charge in [0, 0.05) is 30.6 Å². The summed E-state index contributed by atoms with van der Waals surface area (Å²) in [6, 6.07) is 5.74. The van der Waals surface area contributed by atoms with Gasteiger partial charge in [0.1, 0.15) is 5.75 Å². The summed E-state index contributed by atoms with van der Waals surface area (Å²) in [5.41, 5.74) is 6.39. The summed E-state index contributed by atoms with van der Waals surface area (Å²) >= 11 is 6.07. The van der Waals surface area contributed by atoms with Gasteiger partial charge < -0.3 is 20.7 Å². The standard InChI is InChI=1S/C15H22ClN3O2/c1-21-14-5-4-11(16)9-13(14)19-8-6-12(10-19)18-15(20)3-2-7-17/h4-5,9,12H,2-3,6-8,10,17H2,1H3,(H,18,20). The van der Waals surface area contributed by atoms with E-state index in [0.717, 1.165) is 37.4 Å². The van der Waals surface area contributed by atoms with E-state index in [2.05, 4.69) is 10.2 Å². The second-order valence-corrected chi connectivity index (χ2v) is 5.64. The number of rotatable bonds is 6. The number of benzene rings is 1. The Kier molecular flexibility index (Phi) is 5.70. The molecular weight excluding hydrogens is 290 g/mol. The third-order valence-corrected chi connectivity index (χ3v) is 3.88. The number of nitrogens with two attached hydrogens (primary N) is 1. The summed E-state index contributed by atoms with van der Waals surface area (Å²) in [4.78, 5) is 13.9. The van der Waals surface area contributed by atoms with Crippen LogP contribution < -0.4 is 20.7 Å². The van der Waals surface area contributed by atoms with Gasteiger partial charge in [0.2, 0.25) is 5.91 Å². The summed E-state index contributed by atoms with van der Waals surface area (Å²) < 4.78 is 5.38. The first-order chi connectivity index (χ1) is 10.1. The maximum Gasteiger partial charge on any atom is 0.220 e. The van der Waals surface area contributed by atoms with Crippen molar-refractivity contribution in [1.29, 1.82) is 0 Å². The predicted molar refractivity (Wildman–Crippen MR) is 85.1 cm³/mol. The number of ether oxygens (including phenoxy) is 1. The number of nitrogens with zero attached hydrogens (tertiary/aromatic N) is 1.